The van der Waals surface area contributed by atoms with Crippen molar-refractivity contribution in [3.05, 3.63) is 44.9 Å². The molecule has 1 aromatic heterocycles. The van der Waals surface area contributed by atoms with Crippen LogP contribution in [-0.2, 0) is 6.54 Å². The minimum Gasteiger partial charge on any atom is -0.378 e. The van der Waals surface area contributed by atoms with E-state index in [4.69, 9.17) is 11.6 Å². The van der Waals surface area contributed by atoms with Crippen LogP contribution >= 0.6 is 22.9 Å². The minimum absolute atomic E-state index is 0.135. The van der Waals surface area contributed by atoms with Gasteiger partial charge in [0.25, 0.3) is 5.91 Å². The SMILES string of the molecule is CNC(=O)c1ccc(Cl)c(NCc2csc(C)n2)c1. The summed E-state index contributed by atoms with van der Waals surface area (Å²) in [4.78, 5) is 15.9. The van der Waals surface area contributed by atoms with Gasteiger partial charge in [0.1, 0.15) is 0 Å². The number of aryl methyl sites for hydroxylation is 1. The third-order valence-corrected chi connectivity index (χ3v) is 3.73. The molecule has 1 aromatic carbocycles. The van der Waals surface area contributed by atoms with Crippen LogP contribution in [0.4, 0.5) is 5.69 Å². The highest BCUT2D eigenvalue weighted by molar-refractivity contribution is 7.09. The molecule has 0 aliphatic carbocycles. The van der Waals surface area contributed by atoms with Crippen molar-refractivity contribution in [1.29, 1.82) is 0 Å². The number of amides is 1. The fraction of sp³-hybridized carbons (Fsp3) is 0.231. The lowest BCUT2D eigenvalue weighted by Gasteiger charge is -2.09. The lowest BCUT2D eigenvalue weighted by Crippen LogP contribution is -2.17. The largest absolute Gasteiger partial charge is 0.378 e. The van der Waals surface area contributed by atoms with Crippen molar-refractivity contribution in [3.8, 4) is 0 Å². The van der Waals surface area contributed by atoms with Gasteiger partial charge in [0.05, 0.1) is 28.0 Å². The Morgan fingerprint density at radius 1 is 1.47 bits per heavy atom. The van der Waals surface area contributed by atoms with Gasteiger partial charge in [0.2, 0.25) is 0 Å². The molecule has 4 nitrogen and oxygen atoms in total. The van der Waals surface area contributed by atoms with Crippen molar-refractivity contribution in [2.45, 2.75) is 13.5 Å². The number of aromatic nitrogens is 1. The van der Waals surface area contributed by atoms with Crippen molar-refractivity contribution in [3.63, 3.8) is 0 Å². The van der Waals surface area contributed by atoms with Crippen molar-refractivity contribution in [2.75, 3.05) is 12.4 Å². The normalized spacial score (nSPS) is 10.3. The molecule has 100 valence electrons. The highest BCUT2D eigenvalue weighted by Gasteiger charge is 2.07. The molecule has 0 unspecified atom stereocenters. The van der Waals surface area contributed by atoms with E-state index in [1.165, 1.54) is 0 Å². The Kier molecular flexibility index (Phi) is 4.39. The van der Waals surface area contributed by atoms with Gasteiger partial charge in [-0.2, -0.15) is 0 Å². The summed E-state index contributed by atoms with van der Waals surface area (Å²) in [6.45, 7) is 2.55. The molecule has 0 bridgehead atoms. The second-order valence-corrected chi connectivity index (χ2v) is 5.45. The van der Waals surface area contributed by atoms with E-state index >= 15 is 0 Å². The zero-order valence-electron chi connectivity index (χ0n) is 10.7. The molecule has 6 heteroatoms. The van der Waals surface area contributed by atoms with Gasteiger partial charge in [-0.05, 0) is 25.1 Å². The van der Waals surface area contributed by atoms with Gasteiger partial charge in [-0.25, -0.2) is 4.98 Å². The molecule has 1 amide bonds. The maximum Gasteiger partial charge on any atom is 0.251 e. The van der Waals surface area contributed by atoms with Gasteiger partial charge in [-0.3, -0.25) is 4.79 Å². The Bertz CT molecular complexity index is 597. The summed E-state index contributed by atoms with van der Waals surface area (Å²) in [7, 11) is 1.60. The van der Waals surface area contributed by atoms with Crippen LogP contribution < -0.4 is 10.6 Å². The maximum atomic E-state index is 11.6. The molecular weight excluding hydrogens is 282 g/mol. The average Bonchev–Trinajstić information content (AvgIpc) is 2.82. The minimum atomic E-state index is -0.135. The summed E-state index contributed by atoms with van der Waals surface area (Å²) >= 11 is 7.71. The van der Waals surface area contributed by atoms with E-state index in [-0.39, 0.29) is 5.91 Å². The number of hydrogen-bond donors (Lipinski definition) is 2. The number of thiazole rings is 1. The quantitative estimate of drug-likeness (QED) is 0.911. The van der Waals surface area contributed by atoms with Gasteiger partial charge in [0.15, 0.2) is 0 Å². The number of halogens is 1. The van der Waals surface area contributed by atoms with Gasteiger partial charge >= 0.3 is 0 Å². The van der Waals surface area contributed by atoms with Gasteiger partial charge in [-0.15, -0.1) is 11.3 Å². The highest BCUT2D eigenvalue weighted by Crippen LogP contribution is 2.24. The Labute approximate surface area is 120 Å². The molecular formula is C13H14ClN3OS. The van der Waals surface area contributed by atoms with E-state index in [9.17, 15) is 4.79 Å². The van der Waals surface area contributed by atoms with Crippen LogP contribution in [0.3, 0.4) is 0 Å². The zero-order valence-corrected chi connectivity index (χ0v) is 12.2. The van der Waals surface area contributed by atoms with E-state index < -0.39 is 0 Å². The molecule has 0 saturated carbocycles. The van der Waals surface area contributed by atoms with Crippen LogP contribution in [0.25, 0.3) is 0 Å². The summed E-state index contributed by atoms with van der Waals surface area (Å²) in [6, 6.07) is 5.14. The number of carbonyl (C=O) groups is 1. The molecule has 0 saturated heterocycles. The summed E-state index contributed by atoms with van der Waals surface area (Å²) in [5.41, 5.74) is 2.26. The molecule has 2 aromatic rings. The van der Waals surface area contributed by atoms with Crippen molar-refractivity contribution >= 4 is 34.5 Å². The summed E-state index contributed by atoms with van der Waals surface area (Å²) in [5, 5.41) is 9.39. The zero-order chi connectivity index (χ0) is 13.8. The molecule has 0 radical (unpaired) electrons. The molecule has 0 aliphatic heterocycles. The third kappa shape index (κ3) is 3.45. The lowest BCUT2D eigenvalue weighted by atomic mass is 10.2. The van der Waals surface area contributed by atoms with Crippen molar-refractivity contribution in [2.24, 2.45) is 0 Å². The molecule has 1 heterocycles. The van der Waals surface area contributed by atoms with Gasteiger partial charge in [-0.1, -0.05) is 11.6 Å². The van der Waals surface area contributed by atoms with Crippen molar-refractivity contribution in [1.82, 2.24) is 10.3 Å². The van der Waals surface area contributed by atoms with Crippen LogP contribution in [0.1, 0.15) is 21.1 Å². The number of nitrogens with zero attached hydrogens (tertiary/aromatic N) is 1. The molecule has 0 aliphatic rings. The van der Waals surface area contributed by atoms with E-state index in [2.05, 4.69) is 15.6 Å². The Morgan fingerprint density at radius 3 is 2.89 bits per heavy atom. The monoisotopic (exact) mass is 295 g/mol. The lowest BCUT2D eigenvalue weighted by molar-refractivity contribution is 0.0963. The van der Waals surface area contributed by atoms with E-state index in [0.29, 0.717) is 17.1 Å². The maximum absolute atomic E-state index is 11.6. The number of nitrogens with one attached hydrogen (secondary N) is 2. The Morgan fingerprint density at radius 2 is 2.26 bits per heavy atom. The smallest absolute Gasteiger partial charge is 0.251 e. The first-order valence-corrected chi connectivity index (χ1v) is 7.02. The number of anilines is 1. The first kappa shape index (κ1) is 13.8. The fourth-order valence-corrected chi connectivity index (χ4v) is 2.42. The predicted molar refractivity (Wildman–Crippen MR) is 79.0 cm³/mol. The summed E-state index contributed by atoms with van der Waals surface area (Å²) in [5.74, 6) is -0.135. The average molecular weight is 296 g/mol. The molecule has 0 spiro atoms. The number of benzene rings is 1. The molecule has 2 N–H and O–H groups in total. The first-order valence-electron chi connectivity index (χ1n) is 5.76. The molecule has 0 atom stereocenters. The molecule has 19 heavy (non-hydrogen) atoms. The summed E-state index contributed by atoms with van der Waals surface area (Å²) < 4.78 is 0. The summed E-state index contributed by atoms with van der Waals surface area (Å²) in [6.07, 6.45) is 0. The number of carbonyl (C=O) groups excluding carboxylic acids is 1. The molecule has 0 fully saturated rings. The van der Waals surface area contributed by atoms with Crippen LogP contribution in [0.2, 0.25) is 5.02 Å². The van der Waals surface area contributed by atoms with Gasteiger partial charge < -0.3 is 10.6 Å². The standard InChI is InChI=1S/C13H14ClN3OS/c1-8-17-10(7-19-8)6-16-12-5-9(13(18)15-2)3-4-11(12)14/h3-5,7,16H,6H2,1-2H3,(H,15,18). The van der Waals surface area contributed by atoms with Gasteiger partial charge in [0, 0.05) is 18.0 Å². The van der Waals surface area contributed by atoms with E-state index in [1.807, 2.05) is 12.3 Å². The second-order valence-electron chi connectivity index (χ2n) is 3.99. The van der Waals surface area contributed by atoms with Crippen LogP contribution in [0.5, 0.6) is 0 Å². The Hall–Kier alpha value is -1.59. The highest BCUT2D eigenvalue weighted by atomic mass is 35.5. The number of rotatable bonds is 4. The Balaban J connectivity index is 2.12. The molecule has 2 rings (SSSR count). The number of hydrogen-bond acceptors (Lipinski definition) is 4. The first-order chi connectivity index (χ1) is 9.10. The van der Waals surface area contributed by atoms with Crippen LogP contribution in [-0.4, -0.2) is 17.9 Å². The van der Waals surface area contributed by atoms with E-state index in [0.717, 1.165) is 16.4 Å². The van der Waals surface area contributed by atoms with Crippen LogP contribution in [0, 0.1) is 6.92 Å². The van der Waals surface area contributed by atoms with E-state index in [1.54, 1.807) is 36.6 Å². The fourth-order valence-electron chi connectivity index (χ4n) is 1.62. The second kappa shape index (κ2) is 6.04. The third-order valence-electron chi connectivity index (χ3n) is 2.58. The van der Waals surface area contributed by atoms with Crippen molar-refractivity contribution < 1.29 is 4.79 Å². The van der Waals surface area contributed by atoms with Crippen LogP contribution in [0.15, 0.2) is 23.6 Å². The topological polar surface area (TPSA) is 54.0 Å². The predicted octanol–water partition coefficient (Wildman–Crippen LogP) is 3.08.